The van der Waals surface area contributed by atoms with Crippen molar-refractivity contribution < 1.29 is 9.90 Å². The van der Waals surface area contributed by atoms with Crippen molar-refractivity contribution in [2.24, 2.45) is 0 Å². The number of hydrogen-bond acceptors (Lipinski definition) is 5. The van der Waals surface area contributed by atoms with E-state index >= 15 is 0 Å². The van der Waals surface area contributed by atoms with Crippen LogP contribution in [-0.4, -0.2) is 40.7 Å². The minimum absolute atomic E-state index is 0.0176. The summed E-state index contributed by atoms with van der Waals surface area (Å²) in [5, 5.41) is 11.4. The fourth-order valence-electron chi connectivity index (χ4n) is 1.68. The summed E-state index contributed by atoms with van der Waals surface area (Å²) in [6.45, 7) is 0. The molecular weight excluding hydrogens is 244 g/mol. The molecule has 4 nitrogen and oxygen atoms in total. The molecular formula is C10H14N2O2S2. The average Bonchev–Trinajstić information content (AvgIpc) is 2.84. The summed E-state index contributed by atoms with van der Waals surface area (Å²) in [7, 11) is 2.04. The van der Waals surface area contributed by atoms with Gasteiger partial charge < -0.3 is 10.0 Å². The molecule has 0 aliphatic carbocycles. The number of carboxylic acids is 1. The van der Waals surface area contributed by atoms with E-state index in [1.165, 1.54) is 23.5 Å². The molecule has 2 rings (SSSR count). The summed E-state index contributed by atoms with van der Waals surface area (Å²) in [6, 6.07) is 0.550. The highest BCUT2D eigenvalue weighted by atomic mass is 32.2. The number of nitrogens with zero attached hydrogens (tertiary/aromatic N) is 2. The summed E-state index contributed by atoms with van der Waals surface area (Å²) in [5.41, 5.74) is 0.657. The minimum Gasteiger partial charge on any atom is -0.481 e. The van der Waals surface area contributed by atoms with Crippen LogP contribution in [0.4, 0.5) is 5.13 Å². The number of rotatable bonds is 4. The van der Waals surface area contributed by atoms with Gasteiger partial charge in [0.05, 0.1) is 12.1 Å². The monoisotopic (exact) mass is 258 g/mol. The van der Waals surface area contributed by atoms with Crippen LogP contribution < -0.4 is 4.90 Å². The quantitative estimate of drug-likeness (QED) is 0.891. The lowest BCUT2D eigenvalue weighted by atomic mass is 10.2. The molecule has 0 saturated carbocycles. The Morgan fingerprint density at radius 1 is 1.75 bits per heavy atom. The van der Waals surface area contributed by atoms with E-state index in [2.05, 4.69) is 9.88 Å². The van der Waals surface area contributed by atoms with Gasteiger partial charge in [-0.3, -0.25) is 4.79 Å². The van der Waals surface area contributed by atoms with E-state index in [0.717, 1.165) is 10.9 Å². The molecule has 1 saturated heterocycles. The third-order valence-electron chi connectivity index (χ3n) is 2.63. The van der Waals surface area contributed by atoms with Gasteiger partial charge in [0.1, 0.15) is 0 Å². The van der Waals surface area contributed by atoms with E-state index in [-0.39, 0.29) is 6.42 Å². The van der Waals surface area contributed by atoms with Gasteiger partial charge in [0, 0.05) is 24.2 Å². The smallest absolute Gasteiger partial charge is 0.309 e. The van der Waals surface area contributed by atoms with Crippen LogP contribution in [0.5, 0.6) is 0 Å². The van der Waals surface area contributed by atoms with Gasteiger partial charge in [-0.15, -0.1) is 11.3 Å². The summed E-state index contributed by atoms with van der Waals surface area (Å²) in [4.78, 5) is 17.1. The first kappa shape index (κ1) is 11.7. The van der Waals surface area contributed by atoms with Crippen LogP contribution in [0.1, 0.15) is 12.1 Å². The number of anilines is 1. The largest absolute Gasteiger partial charge is 0.481 e. The Morgan fingerprint density at radius 3 is 3.19 bits per heavy atom. The molecule has 1 aliphatic rings. The van der Waals surface area contributed by atoms with Crippen LogP contribution in [0.15, 0.2) is 5.38 Å². The van der Waals surface area contributed by atoms with Crippen LogP contribution in [-0.2, 0) is 11.2 Å². The van der Waals surface area contributed by atoms with E-state index in [1.807, 2.05) is 24.2 Å². The molecule has 88 valence electrons. The molecule has 16 heavy (non-hydrogen) atoms. The molecule has 1 atom stereocenters. The van der Waals surface area contributed by atoms with Gasteiger partial charge in [0.2, 0.25) is 0 Å². The van der Waals surface area contributed by atoms with Gasteiger partial charge in [-0.1, -0.05) is 0 Å². The van der Waals surface area contributed by atoms with Crippen molar-refractivity contribution in [1.29, 1.82) is 0 Å². The molecule has 0 aromatic carbocycles. The summed E-state index contributed by atoms with van der Waals surface area (Å²) >= 11 is 3.49. The summed E-state index contributed by atoms with van der Waals surface area (Å²) in [6.07, 6.45) is 1.21. The van der Waals surface area contributed by atoms with Crippen LogP contribution in [0.3, 0.4) is 0 Å². The highest BCUT2D eigenvalue weighted by molar-refractivity contribution is 7.99. The van der Waals surface area contributed by atoms with E-state index in [0.29, 0.717) is 11.7 Å². The Labute approximate surface area is 103 Å². The maximum absolute atomic E-state index is 10.6. The SMILES string of the molecule is CN(c1nc(CC(=O)O)cs1)C1CCSC1. The standard InChI is InChI=1S/C10H14N2O2S2/c1-12(8-2-3-15-6-8)10-11-7(5-16-10)4-9(13)14/h5,8H,2-4,6H2,1H3,(H,13,14). The normalized spacial score (nSPS) is 19.9. The summed E-state index contributed by atoms with van der Waals surface area (Å²) < 4.78 is 0. The topological polar surface area (TPSA) is 53.4 Å². The van der Waals surface area contributed by atoms with E-state index in [1.54, 1.807) is 0 Å². The zero-order valence-electron chi connectivity index (χ0n) is 9.05. The number of aliphatic carboxylic acids is 1. The average molecular weight is 258 g/mol. The maximum atomic E-state index is 10.6. The molecule has 0 amide bonds. The third kappa shape index (κ3) is 2.68. The lowest BCUT2D eigenvalue weighted by Crippen LogP contribution is -2.31. The highest BCUT2D eigenvalue weighted by Gasteiger charge is 2.22. The Bertz CT molecular complexity index is 375. The fraction of sp³-hybridized carbons (Fsp3) is 0.600. The van der Waals surface area contributed by atoms with E-state index < -0.39 is 5.97 Å². The zero-order chi connectivity index (χ0) is 11.5. The molecule has 6 heteroatoms. The van der Waals surface area contributed by atoms with Gasteiger partial charge in [0.15, 0.2) is 5.13 Å². The maximum Gasteiger partial charge on any atom is 0.309 e. The highest BCUT2D eigenvalue weighted by Crippen LogP contribution is 2.28. The fourth-order valence-corrected chi connectivity index (χ4v) is 3.81. The number of thiazole rings is 1. The van der Waals surface area contributed by atoms with Crippen molar-refractivity contribution >= 4 is 34.2 Å². The Balaban J connectivity index is 2.02. The zero-order valence-corrected chi connectivity index (χ0v) is 10.7. The first-order valence-electron chi connectivity index (χ1n) is 5.13. The van der Waals surface area contributed by atoms with Crippen molar-refractivity contribution in [1.82, 2.24) is 4.98 Å². The van der Waals surface area contributed by atoms with Crippen molar-refractivity contribution in [2.75, 3.05) is 23.5 Å². The summed E-state index contributed by atoms with van der Waals surface area (Å²) in [5.74, 6) is 1.53. The molecule has 1 aromatic heterocycles. The second-order valence-electron chi connectivity index (χ2n) is 3.82. The molecule has 0 spiro atoms. The third-order valence-corrected chi connectivity index (χ3v) is 4.75. The molecule has 1 fully saturated rings. The van der Waals surface area contributed by atoms with Gasteiger partial charge in [-0.05, 0) is 12.2 Å². The number of hydrogen-bond donors (Lipinski definition) is 1. The van der Waals surface area contributed by atoms with Crippen molar-refractivity contribution in [3.63, 3.8) is 0 Å². The predicted molar refractivity (Wildman–Crippen MR) is 67.6 cm³/mol. The molecule has 0 bridgehead atoms. The minimum atomic E-state index is -0.823. The molecule has 1 unspecified atom stereocenters. The molecule has 0 radical (unpaired) electrons. The van der Waals surface area contributed by atoms with Crippen molar-refractivity contribution in [2.45, 2.75) is 18.9 Å². The molecule has 1 aromatic rings. The second-order valence-corrected chi connectivity index (χ2v) is 5.81. The number of thioether (sulfide) groups is 1. The second kappa shape index (κ2) is 5.05. The molecule has 1 aliphatic heterocycles. The lowest BCUT2D eigenvalue weighted by molar-refractivity contribution is -0.136. The number of carbonyl (C=O) groups is 1. The van der Waals surface area contributed by atoms with Crippen LogP contribution in [0.25, 0.3) is 0 Å². The number of aromatic nitrogens is 1. The van der Waals surface area contributed by atoms with Crippen LogP contribution in [0, 0.1) is 0 Å². The Hall–Kier alpha value is -0.750. The van der Waals surface area contributed by atoms with Gasteiger partial charge in [-0.2, -0.15) is 11.8 Å². The van der Waals surface area contributed by atoms with E-state index in [4.69, 9.17) is 5.11 Å². The van der Waals surface area contributed by atoms with E-state index in [9.17, 15) is 4.79 Å². The van der Waals surface area contributed by atoms with Gasteiger partial charge in [0.25, 0.3) is 0 Å². The number of carboxylic acid groups (broad SMARTS) is 1. The van der Waals surface area contributed by atoms with Crippen LogP contribution in [0.2, 0.25) is 0 Å². The Morgan fingerprint density at radius 2 is 2.56 bits per heavy atom. The van der Waals surface area contributed by atoms with Crippen LogP contribution >= 0.6 is 23.1 Å². The molecule has 1 N–H and O–H groups in total. The van der Waals surface area contributed by atoms with Gasteiger partial charge >= 0.3 is 5.97 Å². The van der Waals surface area contributed by atoms with Crippen molar-refractivity contribution in [3.8, 4) is 0 Å². The lowest BCUT2D eigenvalue weighted by Gasteiger charge is -2.22. The molecule has 2 heterocycles. The Kier molecular flexibility index (Phi) is 3.70. The van der Waals surface area contributed by atoms with Gasteiger partial charge in [-0.25, -0.2) is 4.98 Å². The predicted octanol–water partition coefficient (Wildman–Crippen LogP) is 1.71. The first-order valence-corrected chi connectivity index (χ1v) is 7.17. The first-order chi connectivity index (χ1) is 7.66. The van der Waals surface area contributed by atoms with Crippen molar-refractivity contribution in [3.05, 3.63) is 11.1 Å².